The van der Waals surface area contributed by atoms with E-state index in [1.54, 1.807) is 72.8 Å². The quantitative estimate of drug-likeness (QED) is 0.530. The molecule has 0 N–H and O–H groups in total. The summed E-state index contributed by atoms with van der Waals surface area (Å²) >= 11 is 0. The molecule has 0 spiro atoms. The Morgan fingerprint density at radius 2 is 1.00 bits per heavy atom. The van der Waals surface area contributed by atoms with Gasteiger partial charge in [0, 0.05) is 18.4 Å². The van der Waals surface area contributed by atoms with Gasteiger partial charge in [-0.3, -0.25) is 0 Å². The van der Waals surface area contributed by atoms with Gasteiger partial charge in [-0.05, 0) is 38.1 Å². The van der Waals surface area contributed by atoms with Gasteiger partial charge >= 0.3 is 0 Å². The van der Waals surface area contributed by atoms with Crippen molar-refractivity contribution in [1.82, 2.24) is 8.15 Å². The zero-order valence-corrected chi connectivity index (χ0v) is 19.7. The first-order chi connectivity index (χ1) is 14.7. The molecule has 0 bridgehead atoms. The van der Waals surface area contributed by atoms with Crippen molar-refractivity contribution in [3.8, 4) is 0 Å². The molecule has 1 aliphatic rings. The van der Waals surface area contributed by atoms with Crippen LogP contribution in [0.2, 0.25) is 0 Å². The van der Waals surface area contributed by atoms with Gasteiger partial charge in [-0.2, -0.15) is 8.15 Å². The second-order valence-corrected chi connectivity index (χ2v) is 13.7. The molecule has 0 aliphatic carbocycles. The maximum atomic E-state index is 13.5. The highest BCUT2D eigenvalue weighted by Gasteiger charge is 2.47. The number of hydrogen-bond acceptors (Lipinski definition) is 4. The summed E-state index contributed by atoms with van der Waals surface area (Å²) in [6.45, 7) is 3.97. The minimum Gasteiger partial charge on any atom is -0.207 e. The summed E-state index contributed by atoms with van der Waals surface area (Å²) in [5.41, 5.74) is 1.91. The molecule has 0 saturated carbocycles. The zero-order valence-electron chi connectivity index (χ0n) is 17.2. The molecule has 1 heterocycles. The van der Waals surface area contributed by atoms with Crippen LogP contribution in [0, 0.1) is 13.8 Å². The van der Waals surface area contributed by atoms with Crippen LogP contribution in [0.5, 0.6) is 0 Å². The molecule has 3 aromatic rings. The summed E-state index contributed by atoms with van der Waals surface area (Å²) in [7, 11) is -9.57. The lowest BCUT2D eigenvalue weighted by Crippen LogP contribution is -2.31. The van der Waals surface area contributed by atoms with Gasteiger partial charge in [0.2, 0.25) is 20.0 Å². The van der Waals surface area contributed by atoms with E-state index in [0.717, 1.165) is 11.1 Å². The second kappa shape index (κ2) is 8.45. The molecule has 1 fully saturated rings. The Morgan fingerprint density at radius 3 is 1.39 bits per heavy atom. The highest BCUT2D eigenvalue weighted by atomic mass is 32.2. The Bertz CT molecular complexity index is 1190. The lowest BCUT2D eigenvalue weighted by atomic mass is 10.2. The Kier molecular flexibility index (Phi) is 6.03. The summed E-state index contributed by atoms with van der Waals surface area (Å²) in [5.74, 6) is 0. The molecule has 9 heteroatoms. The maximum Gasteiger partial charge on any atom is 0.247 e. The van der Waals surface area contributed by atoms with Crippen LogP contribution < -0.4 is 5.30 Å². The van der Waals surface area contributed by atoms with Crippen molar-refractivity contribution >= 4 is 33.6 Å². The fourth-order valence-corrected chi connectivity index (χ4v) is 10.7. The largest absolute Gasteiger partial charge is 0.247 e. The van der Waals surface area contributed by atoms with E-state index in [9.17, 15) is 16.8 Å². The van der Waals surface area contributed by atoms with E-state index in [4.69, 9.17) is 0 Å². The third-order valence-electron chi connectivity index (χ3n) is 5.08. The number of aryl methyl sites for hydroxylation is 2. The standard InChI is InChI=1S/C22H23N2O4PS2/c1-18-8-12-21(13-9-18)30(25,26)23-16-17-24(29(23)20-6-4-3-5-7-20)31(27,28)22-14-10-19(2)11-15-22/h3-15H,16-17H2,1-2H3. The third kappa shape index (κ3) is 4.19. The predicted octanol–water partition coefficient (Wildman–Crippen LogP) is 3.64. The maximum absolute atomic E-state index is 13.5. The van der Waals surface area contributed by atoms with Crippen LogP contribution in [-0.2, 0) is 20.0 Å². The van der Waals surface area contributed by atoms with Crippen LogP contribution >= 0.6 is 8.22 Å². The molecule has 4 rings (SSSR count). The average Bonchev–Trinajstić information content (AvgIpc) is 3.22. The lowest BCUT2D eigenvalue weighted by molar-refractivity contribution is 0.536. The monoisotopic (exact) mass is 474 g/mol. The van der Waals surface area contributed by atoms with Gasteiger partial charge in [0.05, 0.1) is 9.79 Å². The molecule has 1 saturated heterocycles. The molecule has 0 unspecified atom stereocenters. The Hall–Kier alpha value is -2.09. The SMILES string of the molecule is Cc1ccc(S(=O)(=O)N2CCN(S(=O)(=O)c3ccc(C)cc3)P2c2ccccc2)cc1. The van der Waals surface area contributed by atoms with Gasteiger partial charge in [0.1, 0.15) is 8.22 Å². The van der Waals surface area contributed by atoms with Crippen molar-refractivity contribution in [2.45, 2.75) is 23.6 Å². The summed E-state index contributed by atoms with van der Waals surface area (Å²) < 4.78 is 56.7. The van der Waals surface area contributed by atoms with E-state index < -0.39 is 28.3 Å². The number of nitrogens with zero attached hydrogens (tertiary/aromatic N) is 2. The summed E-state index contributed by atoms with van der Waals surface area (Å²) in [4.78, 5) is 0.326. The summed E-state index contributed by atoms with van der Waals surface area (Å²) in [6, 6.07) is 22.2. The van der Waals surface area contributed by atoms with Crippen LogP contribution in [0.1, 0.15) is 11.1 Å². The van der Waals surface area contributed by atoms with Crippen molar-refractivity contribution in [1.29, 1.82) is 0 Å². The van der Waals surface area contributed by atoms with Crippen molar-refractivity contribution in [2.75, 3.05) is 13.1 Å². The van der Waals surface area contributed by atoms with E-state index >= 15 is 0 Å². The number of hydrogen-bond donors (Lipinski definition) is 0. The van der Waals surface area contributed by atoms with Crippen LogP contribution in [0.3, 0.4) is 0 Å². The summed E-state index contributed by atoms with van der Waals surface area (Å²) in [6.07, 6.45) is 0. The Labute approximate surface area is 185 Å². The molecule has 162 valence electrons. The average molecular weight is 475 g/mol. The number of sulfonamides is 2. The number of benzene rings is 3. The molecule has 3 aromatic carbocycles. The van der Waals surface area contributed by atoms with E-state index in [0.29, 0.717) is 5.30 Å². The van der Waals surface area contributed by atoms with Crippen molar-refractivity contribution in [3.05, 3.63) is 90.0 Å². The molecule has 6 nitrogen and oxygen atoms in total. The van der Waals surface area contributed by atoms with Crippen LogP contribution in [-0.4, -0.2) is 38.1 Å². The van der Waals surface area contributed by atoms with E-state index in [1.807, 2.05) is 19.9 Å². The molecule has 0 amide bonds. The lowest BCUT2D eigenvalue weighted by Gasteiger charge is -2.29. The number of rotatable bonds is 5. The van der Waals surface area contributed by atoms with Gasteiger partial charge in [-0.25, -0.2) is 16.8 Å². The van der Waals surface area contributed by atoms with Gasteiger partial charge in [-0.15, -0.1) is 0 Å². The van der Waals surface area contributed by atoms with Crippen molar-refractivity contribution < 1.29 is 16.8 Å². The van der Waals surface area contributed by atoms with Gasteiger partial charge in [-0.1, -0.05) is 65.7 Å². The topological polar surface area (TPSA) is 74.8 Å². The third-order valence-corrected chi connectivity index (χ3v) is 12.5. The fraction of sp³-hybridized carbons (Fsp3) is 0.182. The molecular weight excluding hydrogens is 451 g/mol. The first-order valence-electron chi connectivity index (χ1n) is 9.75. The van der Waals surface area contributed by atoms with Gasteiger partial charge in [0.15, 0.2) is 0 Å². The van der Waals surface area contributed by atoms with Crippen LogP contribution in [0.4, 0.5) is 0 Å². The minimum atomic E-state index is -3.88. The zero-order chi connectivity index (χ0) is 22.2. The minimum absolute atomic E-state index is 0.0991. The van der Waals surface area contributed by atoms with Gasteiger partial charge < -0.3 is 0 Å². The molecule has 1 aliphatic heterocycles. The highest BCUT2D eigenvalue weighted by molar-refractivity contribution is 8.00. The van der Waals surface area contributed by atoms with E-state index in [2.05, 4.69) is 0 Å². The first kappa shape index (κ1) is 22.1. The Morgan fingerprint density at radius 1 is 0.613 bits per heavy atom. The highest BCUT2D eigenvalue weighted by Crippen LogP contribution is 2.53. The fourth-order valence-electron chi connectivity index (χ4n) is 3.40. The molecular formula is C22H23N2O4PS2. The van der Waals surface area contributed by atoms with Crippen LogP contribution in [0.15, 0.2) is 88.7 Å². The first-order valence-corrected chi connectivity index (χ1v) is 13.9. The normalized spacial score (nSPS) is 16.6. The smallest absolute Gasteiger partial charge is 0.207 e. The molecule has 0 radical (unpaired) electrons. The molecule has 31 heavy (non-hydrogen) atoms. The molecule has 0 atom stereocenters. The van der Waals surface area contributed by atoms with Crippen molar-refractivity contribution in [2.24, 2.45) is 0 Å². The Balaban J connectivity index is 1.81. The van der Waals surface area contributed by atoms with Gasteiger partial charge in [0.25, 0.3) is 0 Å². The second-order valence-electron chi connectivity index (χ2n) is 7.35. The molecule has 0 aromatic heterocycles. The predicted molar refractivity (Wildman–Crippen MR) is 123 cm³/mol. The van der Waals surface area contributed by atoms with Crippen molar-refractivity contribution in [3.63, 3.8) is 0 Å². The van der Waals surface area contributed by atoms with Crippen LogP contribution in [0.25, 0.3) is 0 Å². The van der Waals surface area contributed by atoms with E-state index in [-0.39, 0.29) is 22.9 Å². The summed E-state index contributed by atoms with van der Waals surface area (Å²) in [5, 5.41) is 0.668. The van der Waals surface area contributed by atoms with E-state index in [1.165, 1.54) is 8.15 Å².